The van der Waals surface area contributed by atoms with Gasteiger partial charge in [0.1, 0.15) is 0 Å². The lowest BCUT2D eigenvalue weighted by Gasteiger charge is -2.16. The van der Waals surface area contributed by atoms with E-state index in [2.05, 4.69) is 13.8 Å². The van der Waals surface area contributed by atoms with Crippen LogP contribution in [0.4, 0.5) is 0 Å². The molecule has 0 spiro atoms. The van der Waals surface area contributed by atoms with Crippen LogP contribution in [0.2, 0.25) is 0 Å². The van der Waals surface area contributed by atoms with E-state index in [0.717, 1.165) is 32.1 Å². The third-order valence-electron chi connectivity index (χ3n) is 1.73. The van der Waals surface area contributed by atoms with Crippen molar-refractivity contribution in [2.75, 3.05) is 0 Å². The minimum Gasteiger partial charge on any atom is -0.328 e. The van der Waals surface area contributed by atoms with Crippen LogP contribution < -0.4 is 0 Å². The van der Waals surface area contributed by atoms with E-state index in [-0.39, 0.29) is 6.10 Å². The van der Waals surface area contributed by atoms with Crippen LogP contribution in [0.5, 0.6) is 0 Å². The maximum Gasteiger partial charge on any atom is 0.327 e. The predicted octanol–water partition coefficient (Wildman–Crippen LogP) is 2.57. The summed E-state index contributed by atoms with van der Waals surface area (Å²) in [6.07, 6.45) is 5.13. The highest BCUT2D eigenvalue weighted by molar-refractivity contribution is 7.39. The van der Waals surface area contributed by atoms with E-state index in [9.17, 15) is 0 Å². The summed E-state index contributed by atoms with van der Waals surface area (Å²) in [6, 6.07) is 0. The van der Waals surface area contributed by atoms with Crippen LogP contribution in [0.15, 0.2) is 0 Å². The van der Waals surface area contributed by atoms with E-state index in [1.54, 1.807) is 0 Å². The smallest absolute Gasteiger partial charge is 0.327 e. The molecule has 0 bridgehead atoms. The van der Waals surface area contributed by atoms with E-state index in [1.165, 1.54) is 0 Å². The molecule has 74 valence electrons. The number of unbranched alkanes of at least 4 members (excludes halogenated alkanes) is 1. The summed E-state index contributed by atoms with van der Waals surface area (Å²) in [6.45, 7) is 4.18. The molecule has 0 aliphatic rings. The van der Waals surface area contributed by atoms with Crippen LogP contribution in [0, 0.1) is 0 Å². The lowest BCUT2D eigenvalue weighted by atomic mass is 10.1. The van der Waals surface area contributed by atoms with Gasteiger partial charge >= 0.3 is 8.60 Å². The van der Waals surface area contributed by atoms with E-state index in [0.29, 0.717) is 0 Å². The number of hydrogen-bond acceptors (Lipinski definition) is 3. The van der Waals surface area contributed by atoms with Crippen molar-refractivity contribution in [3.05, 3.63) is 0 Å². The Morgan fingerprint density at radius 1 is 1.17 bits per heavy atom. The first-order valence-corrected chi connectivity index (χ1v) is 5.71. The number of hydrogen-bond donors (Lipinski definition) is 2. The molecule has 1 unspecified atom stereocenters. The second kappa shape index (κ2) is 7.93. The Bertz CT molecular complexity index is 98.3. The van der Waals surface area contributed by atoms with Gasteiger partial charge in [-0.1, -0.05) is 33.1 Å². The van der Waals surface area contributed by atoms with E-state index >= 15 is 0 Å². The van der Waals surface area contributed by atoms with Gasteiger partial charge in [0, 0.05) is 0 Å². The summed E-state index contributed by atoms with van der Waals surface area (Å²) in [4.78, 5) is 17.3. The predicted molar refractivity (Wildman–Crippen MR) is 50.7 cm³/mol. The molecule has 1 atom stereocenters. The van der Waals surface area contributed by atoms with Crippen molar-refractivity contribution in [3.8, 4) is 0 Å². The molecule has 4 heteroatoms. The Balaban J connectivity index is 3.54. The number of rotatable bonds is 7. The molecule has 0 aliphatic heterocycles. The molecule has 0 radical (unpaired) electrons. The zero-order valence-electron chi connectivity index (χ0n) is 7.86. The Morgan fingerprint density at radius 3 is 2.25 bits per heavy atom. The fourth-order valence-corrected chi connectivity index (χ4v) is 1.61. The van der Waals surface area contributed by atoms with Crippen molar-refractivity contribution in [2.24, 2.45) is 0 Å². The van der Waals surface area contributed by atoms with Gasteiger partial charge in [0.25, 0.3) is 0 Å². The molecule has 0 fully saturated rings. The maximum absolute atomic E-state index is 8.65. The summed E-state index contributed by atoms with van der Waals surface area (Å²) in [7, 11) is -2.17. The van der Waals surface area contributed by atoms with Gasteiger partial charge in [0.2, 0.25) is 0 Å². The fraction of sp³-hybridized carbons (Fsp3) is 1.00. The monoisotopic (exact) mass is 194 g/mol. The van der Waals surface area contributed by atoms with E-state index in [4.69, 9.17) is 14.3 Å². The standard InChI is InChI=1S/C8H19O3P/c1-3-5-7-8(6-4-2)11-12(9)10/h8-10H,3-7H2,1-2H3. The zero-order valence-corrected chi connectivity index (χ0v) is 8.76. The lowest BCUT2D eigenvalue weighted by Crippen LogP contribution is -2.09. The molecular weight excluding hydrogens is 175 g/mol. The zero-order chi connectivity index (χ0) is 9.40. The molecule has 3 nitrogen and oxygen atoms in total. The van der Waals surface area contributed by atoms with Gasteiger partial charge < -0.3 is 14.3 Å². The van der Waals surface area contributed by atoms with Crippen molar-refractivity contribution in [2.45, 2.75) is 52.1 Å². The van der Waals surface area contributed by atoms with Gasteiger partial charge in [-0.15, -0.1) is 0 Å². The molecule has 2 N–H and O–H groups in total. The minimum atomic E-state index is -2.17. The largest absolute Gasteiger partial charge is 0.328 e. The van der Waals surface area contributed by atoms with Crippen molar-refractivity contribution in [3.63, 3.8) is 0 Å². The Labute approximate surface area is 75.8 Å². The van der Waals surface area contributed by atoms with Gasteiger partial charge in [-0.2, -0.15) is 0 Å². The second-order valence-corrected chi connectivity index (χ2v) is 3.63. The van der Waals surface area contributed by atoms with Crippen LogP contribution >= 0.6 is 8.60 Å². The van der Waals surface area contributed by atoms with Gasteiger partial charge in [-0.05, 0) is 12.8 Å². The maximum atomic E-state index is 8.65. The average molecular weight is 194 g/mol. The molecule has 0 rings (SSSR count). The molecule has 0 aliphatic carbocycles. The average Bonchev–Trinajstić information content (AvgIpc) is 2.00. The molecule has 0 heterocycles. The highest BCUT2D eigenvalue weighted by Crippen LogP contribution is 2.30. The van der Waals surface area contributed by atoms with Gasteiger partial charge in [0.05, 0.1) is 6.10 Å². The van der Waals surface area contributed by atoms with Crippen LogP contribution in [0.25, 0.3) is 0 Å². The second-order valence-electron chi connectivity index (χ2n) is 2.91. The highest BCUT2D eigenvalue weighted by Gasteiger charge is 2.11. The van der Waals surface area contributed by atoms with Crippen LogP contribution in [0.3, 0.4) is 0 Å². The van der Waals surface area contributed by atoms with Crippen molar-refractivity contribution in [1.82, 2.24) is 0 Å². The Morgan fingerprint density at radius 2 is 1.83 bits per heavy atom. The molecule has 0 saturated heterocycles. The van der Waals surface area contributed by atoms with Crippen LogP contribution in [-0.4, -0.2) is 15.9 Å². The molecule has 0 aromatic carbocycles. The first kappa shape index (κ1) is 12.3. The van der Waals surface area contributed by atoms with Crippen molar-refractivity contribution in [1.29, 1.82) is 0 Å². The SMILES string of the molecule is CCCCC(CCC)OP(O)O. The topological polar surface area (TPSA) is 49.7 Å². The van der Waals surface area contributed by atoms with Crippen molar-refractivity contribution >= 4 is 8.60 Å². The summed E-state index contributed by atoms with van der Waals surface area (Å²) in [5.74, 6) is 0. The Hall–Kier alpha value is 0.310. The normalized spacial score (nSPS) is 13.8. The van der Waals surface area contributed by atoms with E-state index in [1.807, 2.05) is 0 Å². The molecule has 12 heavy (non-hydrogen) atoms. The van der Waals surface area contributed by atoms with E-state index < -0.39 is 8.60 Å². The third kappa shape index (κ3) is 6.99. The van der Waals surface area contributed by atoms with Gasteiger partial charge in [-0.25, -0.2) is 0 Å². The first-order valence-electron chi connectivity index (χ1n) is 4.55. The van der Waals surface area contributed by atoms with Crippen LogP contribution in [0.1, 0.15) is 46.0 Å². The molecule has 0 aromatic rings. The third-order valence-corrected chi connectivity index (χ3v) is 2.22. The Kier molecular flexibility index (Phi) is 8.14. The summed E-state index contributed by atoms with van der Waals surface area (Å²) < 4.78 is 4.97. The molecule has 0 amide bonds. The fourth-order valence-electron chi connectivity index (χ4n) is 1.14. The first-order chi connectivity index (χ1) is 5.70. The van der Waals surface area contributed by atoms with Crippen LogP contribution in [-0.2, 0) is 4.52 Å². The quantitative estimate of drug-likeness (QED) is 0.612. The lowest BCUT2D eigenvalue weighted by molar-refractivity contribution is 0.150. The molecular formula is C8H19O3P. The molecule has 0 aromatic heterocycles. The minimum absolute atomic E-state index is 0.0380. The summed E-state index contributed by atoms with van der Waals surface area (Å²) >= 11 is 0. The summed E-state index contributed by atoms with van der Waals surface area (Å²) in [5.41, 5.74) is 0. The van der Waals surface area contributed by atoms with Gasteiger partial charge in [0.15, 0.2) is 0 Å². The molecule has 0 saturated carbocycles. The van der Waals surface area contributed by atoms with Gasteiger partial charge in [-0.3, -0.25) is 0 Å². The summed E-state index contributed by atoms with van der Waals surface area (Å²) in [5, 5.41) is 0. The highest BCUT2D eigenvalue weighted by atomic mass is 31.2. The van der Waals surface area contributed by atoms with Crippen molar-refractivity contribution < 1.29 is 14.3 Å².